The molecule has 1 fully saturated rings. The van der Waals surface area contributed by atoms with Gasteiger partial charge in [0.1, 0.15) is 0 Å². The van der Waals surface area contributed by atoms with Crippen LogP contribution in [0.3, 0.4) is 0 Å². The van der Waals surface area contributed by atoms with Crippen LogP contribution in [0.4, 0.5) is 0 Å². The van der Waals surface area contributed by atoms with Gasteiger partial charge in [-0.2, -0.15) is 0 Å². The van der Waals surface area contributed by atoms with E-state index in [0.717, 1.165) is 30.2 Å². The molecule has 1 aromatic heterocycles. The predicted octanol–water partition coefficient (Wildman–Crippen LogP) is 2.86. The third-order valence-electron chi connectivity index (χ3n) is 2.87. The summed E-state index contributed by atoms with van der Waals surface area (Å²) in [5.74, 6) is 0.548. The first-order valence-electron chi connectivity index (χ1n) is 5.05. The van der Waals surface area contributed by atoms with Gasteiger partial charge in [0.2, 0.25) is 0 Å². The maximum Gasteiger partial charge on any atom is 0.0540 e. The van der Waals surface area contributed by atoms with E-state index in [2.05, 4.69) is 27.0 Å². The maximum atomic E-state index is 9.39. The Morgan fingerprint density at radius 1 is 1.21 bits per heavy atom. The highest BCUT2D eigenvalue weighted by Gasteiger charge is 2.21. The van der Waals surface area contributed by atoms with Gasteiger partial charge in [-0.05, 0) is 53.7 Å². The van der Waals surface area contributed by atoms with Crippen LogP contribution in [0.15, 0.2) is 22.8 Å². The van der Waals surface area contributed by atoms with Crippen molar-refractivity contribution in [3.8, 4) is 0 Å². The number of aliphatic hydroxyl groups excluding tert-OH is 1. The topological polar surface area (TPSA) is 33.1 Å². The molecule has 1 aliphatic carbocycles. The smallest absolute Gasteiger partial charge is 0.0540 e. The first-order valence-corrected chi connectivity index (χ1v) is 5.84. The average Bonchev–Trinajstić information content (AvgIpc) is 2.21. The summed E-state index contributed by atoms with van der Waals surface area (Å²) in [5, 5.41) is 9.39. The van der Waals surface area contributed by atoms with E-state index in [1.165, 1.54) is 5.69 Å². The number of halogens is 1. The fourth-order valence-corrected chi connectivity index (χ4v) is 2.23. The number of rotatable bonds is 1. The highest BCUT2D eigenvalue weighted by molar-refractivity contribution is 9.10. The Labute approximate surface area is 92.5 Å². The van der Waals surface area contributed by atoms with E-state index in [9.17, 15) is 5.11 Å². The monoisotopic (exact) mass is 255 g/mol. The molecule has 0 atom stereocenters. The molecule has 0 spiro atoms. The lowest BCUT2D eigenvalue weighted by atomic mass is 9.85. The number of aliphatic hydroxyl groups is 1. The molecule has 0 unspecified atom stereocenters. The Morgan fingerprint density at radius 2 is 1.93 bits per heavy atom. The highest BCUT2D eigenvalue weighted by atomic mass is 79.9. The second kappa shape index (κ2) is 4.41. The number of pyridine rings is 1. The summed E-state index contributed by atoms with van der Waals surface area (Å²) in [4.78, 5) is 4.40. The molecule has 0 amide bonds. The van der Waals surface area contributed by atoms with Crippen LogP contribution < -0.4 is 0 Å². The van der Waals surface area contributed by atoms with E-state index in [1.807, 2.05) is 12.3 Å². The van der Waals surface area contributed by atoms with Crippen molar-refractivity contribution in [2.45, 2.75) is 37.7 Å². The third-order valence-corrected chi connectivity index (χ3v) is 3.33. The molecule has 2 nitrogen and oxygen atoms in total. The van der Waals surface area contributed by atoms with Crippen LogP contribution in [0, 0.1) is 0 Å². The van der Waals surface area contributed by atoms with E-state index >= 15 is 0 Å². The van der Waals surface area contributed by atoms with Gasteiger partial charge in [-0.15, -0.1) is 0 Å². The third kappa shape index (κ3) is 2.34. The van der Waals surface area contributed by atoms with E-state index in [4.69, 9.17) is 0 Å². The normalized spacial score (nSPS) is 27.6. The highest BCUT2D eigenvalue weighted by Crippen LogP contribution is 2.31. The predicted molar refractivity (Wildman–Crippen MR) is 59.2 cm³/mol. The molecule has 1 heterocycles. The quantitative estimate of drug-likeness (QED) is 0.838. The lowest BCUT2D eigenvalue weighted by Crippen LogP contribution is -2.17. The van der Waals surface area contributed by atoms with Crippen LogP contribution in [0.5, 0.6) is 0 Å². The van der Waals surface area contributed by atoms with Gasteiger partial charge in [0.05, 0.1) is 6.10 Å². The summed E-state index contributed by atoms with van der Waals surface area (Å²) in [6, 6.07) is 4.11. The molecule has 0 aromatic carbocycles. The van der Waals surface area contributed by atoms with Crippen molar-refractivity contribution < 1.29 is 5.11 Å². The van der Waals surface area contributed by atoms with Crippen molar-refractivity contribution in [1.29, 1.82) is 0 Å². The Bertz CT molecular complexity index is 291. The standard InChI is InChI=1S/C11H14BrNO/c12-9-3-6-11(13-7-9)8-1-4-10(14)5-2-8/h3,6-8,10,14H,1-2,4-5H2/t8-,10-. The second-order valence-corrected chi connectivity index (χ2v) is 4.82. The molecule has 0 bridgehead atoms. The SMILES string of the molecule is O[C@H]1CC[C@H](c2ccc(Br)cn2)CC1. The van der Waals surface area contributed by atoms with E-state index in [1.54, 1.807) is 0 Å². The Hall–Kier alpha value is -0.410. The molecular weight excluding hydrogens is 242 g/mol. The van der Waals surface area contributed by atoms with Gasteiger partial charge >= 0.3 is 0 Å². The van der Waals surface area contributed by atoms with Gasteiger partial charge < -0.3 is 5.11 Å². The van der Waals surface area contributed by atoms with Crippen molar-refractivity contribution in [2.75, 3.05) is 0 Å². The average molecular weight is 256 g/mol. The zero-order valence-electron chi connectivity index (χ0n) is 7.99. The van der Waals surface area contributed by atoms with Crippen LogP contribution in [0.1, 0.15) is 37.3 Å². The van der Waals surface area contributed by atoms with Gasteiger partial charge in [-0.3, -0.25) is 4.98 Å². The van der Waals surface area contributed by atoms with Crippen molar-refractivity contribution in [2.24, 2.45) is 0 Å². The van der Waals surface area contributed by atoms with Gasteiger partial charge in [0.25, 0.3) is 0 Å². The molecule has 0 saturated heterocycles. The molecule has 1 N–H and O–H groups in total. The van der Waals surface area contributed by atoms with Gasteiger partial charge in [-0.25, -0.2) is 0 Å². The number of nitrogens with zero attached hydrogens (tertiary/aromatic N) is 1. The minimum atomic E-state index is -0.0818. The minimum Gasteiger partial charge on any atom is -0.393 e. The first kappa shape index (κ1) is 10.1. The Kier molecular flexibility index (Phi) is 3.19. The summed E-state index contributed by atoms with van der Waals surface area (Å²) in [6.07, 6.45) is 5.73. The van der Waals surface area contributed by atoms with Crippen LogP contribution in [-0.2, 0) is 0 Å². The van der Waals surface area contributed by atoms with Crippen molar-refractivity contribution in [1.82, 2.24) is 4.98 Å². The summed E-state index contributed by atoms with van der Waals surface area (Å²) in [7, 11) is 0. The molecule has 76 valence electrons. The summed E-state index contributed by atoms with van der Waals surface area (Å²) in [5.41, 5.74) is 1.17. The Morgan fingerprint density at radius 3 is 2.50 bits per heavy atom. The lowest BCUT2D eigenvalue weighted by molar-refractivity contribution is 0.122. The van der Waals surface area contributed by atoms with Gasteiger partial charge in [0.15, 0.2) is 0 Å². The summed E-state index contributed by atoms with van der Waals surface area (Å²) < 4.78 is 1.03. The molecule has 14 heavy (non-hydrogen) atoms. The number of hydrogen-bond acceptors (Lipinski definition) is 2. The fourth-order valence-electron chi connectivity index (χ4n) is 2.00. The largest absolute Gasteiger partial charge is 0.393 e. The fraction of sp³-hybridized carbons (Fsp3) is 0.545. The second-order valence-electron chi connectivity index (χ2n) is 3.91. The molecule has 3 heteroatoms. The van der Waals surface area contributed by atoms with Crippen LogP contribution >= 0.6 is 15.9 Å². The van der Waals surface area contributed by atoms with Gasteiger partial charge in [-0.1, -0.05) is 0 Å². The zero-order valence-corrected chi connectivity index (χ0v) is 9.57. The zero-order chi connectivity index (χ0) is 9.97. The summed E-state index contributed by atoms with van der Waals surface area (Å²) >= 11 is 3.38. The molecule has 1 aliphatic rings. The summed E-state index contributed by atoms with van der Waals surface area (Å²) in [6.45, 7) is 0. The van der Waals surface area contributed by atoms with Crippen molar-refractivity contribution >= 4 is 15.9 Å². The molecule has 0 aliphatic heterocycles. The number of aromatic nitrogens is 1. The lowest BCUT2D eigenvalue weighted by Gasteiger charge is -2.24. The van der Waals surface area contributed by atoms with E-state index < -0.39 is 0 Å². The maximum absolute atomic E-state index is 9.39. The minimum absolute atomic E-state index is 0.0818. The van der Waals surface area contributed by atoms with Crippen LogP contribution in [0.25, 0.3) is 0 Å². The molecular formula is C11H14BrNO. The van der Waals surface area contributed by atoms with Crippen LogP contribution in [-0.4, -0.2) is 16.2 Å². The van der Waals surface area contributed by atoms with Gasteiger partial charge in [0, 0.05) is 22.3 Å². The molecule has 1 saturated carbocycles. The Balaban J connectivity index is 2.05. The number of hydrogen-bond donors (Lipinski definition) is 1. The van der Waals surface area contributed by atoms with E-state index in [-0.39, 0.29) is 6.10 Å². The first-order chi connectivity index (χ1) is 6.75. The van der Waals surface area contributed by atoms with E-state index in [0.29, 0.717) is 5.92 Å². The molecule has 1 aromatic rings. The van der Waals surface area contributed by atoms with Crippen molar-refractivity contribution in [3.63, 3.8) is 0 Å². The molecule has 2 rings (SSSR count). The van der Waals surface area contributed by atoms with Crippen LogP contribution in [0.2, 0.25) is 0 Å². The molecule has 0 radical (unpaired) electrons. The van der Waals surface area contributed by atoms with Crippen molar-refractivity contribution in [3.05, 3.63) is 28.5 Å².